The summed E-state index contributed by atoms with van der Waals surface area (Å²) < 4.78 is 38.9. The number of benzene rings is 1. The molecular formula is C14H10Br2F3N. The van der Waals surface area contributed by atoms with Gasteiger partial charge in [-0.05, 0) is 35.9 Å². The zero-order chi connectivity index (χ0) is 14.8. The lowest BCUT2D eigenvalue weighted by Crippen LogP contribution is -2.07. The molecule has 1 unspecified atom stereocenters. The van der Waals surface area contributed by atoms with E-state index in [1.54, 1.807) is 12.3 Å². The van der Waals surface area contributed by atoms with E-state index in [4.69, 9.17) is 0 Å². The summed E-state index contributed by atoms with van der Waals surface area (Å²) in [5.41, 5.74) is 0.727. The van der Waals surface area contributed by atoms with Gasteiger partial charge in [0.15, 0.2) is 0 Å². The maximum absolute atomic E-state index is 12.7. The molecule has 0 radical (unpaired) electrons. The normalized spacial score (nSPS) is 13.2. The Morgan fingerprint density at radius 3 is 2.50 bits per heavy atom. The first-order chi connectivity index (χ1) is 9.38. The quantitative estimate of drug-likeness (QED) is 0.607. The van der Waals surface area contributed by atoms with Crippen molar-refractivity contribution in [2.24, 2.45) is 0 Å². The van der Waals surface area contributed by atoms with Gasteiger partial charge in [0.25, 0.3) is 0 Å². The Labute approximate surface area is 131 Å². The van der Waals surface area contributed by atoms with Crippen LogP contribution in [0.2, 0.25) is 0 Å². The summed E-state index contributed by atoms with van der Waals surface area (Å²) in [5, 5.41) is 0. The summed E-state index contributed by atoms with van der Waals surface area (Å²) in [5.74, 6) is 0. The molecule has 0 bridgehead atoms. The number of aromatic nitrogens is 1. The molecule has 0 fully saturated rings. The summed E-state index contributed by atoms with van der Waals surface area (Å²) in [4.78, 5) is 3.94. The van der Waals surface area contributed by atoms with Crippen molar-refractivity contribution in [2.45, 2.75) is 17.4 Å². The van der Waals surface area contributed by atoms with E-state index in [0.29, 0.717) is 16.5 Å². The van der Waals surface area contributed by atoms with Crippen LogP contribution in [0.25, 0.3) is 0 Å². The van der Waals surface area contributed by atoms with Crippen LogP contribution in [-0.4, -0.2) is 4.98 Å². The highest BCUT2D eigenvalue weighted by molar-refractivity contribution is 9.11. The van der Waals surface area contributed by atoms with Crippen LogP contribution in [0.5, 0.6) is 0 Å². The zero-order valence-electron chi connectivity index (χ0n) is 10.2. The molecular weight excluding hydrogens is 399 g/mol. The zero-order valence-corrected chi connectivity index (χ0v) is 13.3. The van der Waals surface area contributed by atoms with E-state index in [0.717, 1.165) is 17.8 Å². The summed E-state index contributed by atoms with van der Waals surface area (Å²) in [6.45, 7) is 0. The largest absolute Gasteiger partial charge is 0.416 e. The van der Waals surface area contributed by atoms with Crippen LogP contribution in [-0.2, 0) is 12.6 Å². The van der Waals surface area contributed by atoms with Crippen molar-refractivity contribution in [3.63, 3.8) is 0 Å². The molecule has 2 rings (SSSR count). The van der Waals surface area contributed by atoms with Gasteiger partial charge in [-0.15, -0.1) is 0 Å². The molecule has 1 aromatic heterocycles. The summed E-state index contributed by atoms with van der Waals surface area (Å²) in [7, 11) is 0. The minimum atomic E-state index is -4.34. The van der Waals surface area contributed by atoms with Gasteiger partial charge in [0.2, 0.25) is 0 Å². The minimum absolute atomic E-state index is 0.242. The highest BCUT2D eigenvalue weighted by atomic mass is 79.9. The standard InChI is InChI=1S/C14H10Br2F3N/c15-12-5-4-9(14(17,18)19)7-11(12)13(16)8-10-3-1-2-6-20-10/h1-7,13H,8H2. The van der Waals surface area contributed by atoms with Crippen LogP contribution in [0.4, 0.5) is 13.2 Å². The van der Waals surface area contributed by atoms with Crippen molar-refractivity contribution < 1.29 is 13.2 Å². The fourth-order valence-corrected chi connectivity index (χ4v) is 3.31. The third-order valence-corrected chi connectivity index (χ3v) is 4.31. The molecule has 1 aromatic carbocycles. The first-order valence-electron chi connectivity index (χ1n) is 5.78. The summed E-state index contributed by atoms with van der Waals surface area (Å²) >= 11 is 6.73. The van der Waals surface area contributed by atoms with E-state index in [1.807, 2.05) is 12.1 Å². The Morgan fingerprint density at radius 1 is 1.15 bits per heavy atom. The van der Waals surface area contributed by atoms with Crippen molar-refractivity contribution in [1.29, 1.82) is 0 Å². The number of alkyl halides is 4. The highest BCUT2D eigenvalue weighted by Crippen LogP contribution is 2.37. The Bertz CT molecular complexity index is 585. The lowest BCUT2D eigenvalue weighted by molar-refractivity contribution is -0.137. The number of pyridine rings is 1. The molecule has 0 N–H and O–H groups in total. The number of rotatable bonds is 3. The monoisotopic (exact) mass is 407 g/mol. The van der Waals surface area contributed by atoms with E-state index in [2.05, 4.69) is 36.8 Å². The van der Waals surface area contributed by atoms with E-state index >= 15 is 0 Å². The Hall–Kier alpha value is -0.880. The fraction of sp³-hybridized carbons (Fsp3) is 0.214. The first-order valence-corrected chi connectivity index (χ1v) is 7.49. The highest BCUT2D eigenvalue weighted by Gasteiger charge is 2.31. The molecule has 106 valence electrons. The van der Waals surface area contributed by atoms with Gasteiger partial charge in [0.05, 0.1) is 5.56 Å². The van der Waals surface area contributed by atoms with Crippen LogP contribution in [0.3, 0.4) is 0 Å². The maximum Gasteiger partial charge on any atom is 0.416 e. The third-order valence-electron chi connectivity index (χ3n) is 2.78. The van der Waals surface area contributed by atoms with E-state index in [9.17, 15) is 13.2 Å². The molecule has 0 saturated carbocycles. The van der Waals surface area contributed by atoms with Gasteiger partial charge in [-0.3, -0.25) is 4.98 Å². The molecule has 6 heteroatoms. The van der Waals surface area contributed by atoms with Gasteiger partial charge in [0, 0.05) is 27.6 Å². The Kier molecular flexibility index (Phi) is 4.86. The molecule has 20 heavy (non-hydrogen) atoms. The Morgan fingerprint density at radius 2 is 1.90 bits per heavy atom. The Balaban J connectivity index is 2.27. The van der Waals surface area contributed by atoms with Gasteiger partial charge in [0.1, 0.15) is 0 Å². The molecule has 2 aromatic rings. The number of nitrogens with zero attached hydrogens (tertiary/aromatic N) is 1. The predicted molar refractivity (Wildman–Crippen MR) is 78.8 cm³/mol. The van der Waals surface area contributed by atoms with Crippen LogP contribution in [0, 0.1) is 0 Å². The van der Waals surface area contributed by atoms with E-state index in [1.165, 1.54) is 6.07 Å². The van der Waals surface area contributed by atoms with Crippen molar-refractivity contribution >= 4 is 31.9 Å². The van der Waals surface area contributed by atoms with E-state index in [-0.39, 0.29) is 4.83 Å². The van der Waals surface area contributed by atoms with Crippen molar-refractivity contribution in [2.75, 3.05) is 0 Å². The van der Waals surface area contributed by atoms with Crippen LogP contribution in [0.15, 0.2) is 47.1 Å². The second-order valence-electron chi connectivity index (χ2n) is 4.23. The maximum atomic E-state index is 12.7. The minimum Gasteiger partial charge on any atom is -0.261 e. The molecule has 0 saturated heterocycles. The van der Waals surface area contributed by atoms with Gasteiger partial charge in [-0.25, -0.2) is 0 Å². The summed E-state index contributed by atoms with van der Waals surface area (Å²) in [6, 6.07) is 9.14. The van der Waals surface area contributed by atoms with Gasteiger partial charge in [-0.1, -0.05) is 37.9 Å². The van der Waals surface area contributed by atoms with Crippen molar-refractivity contribution in [1.82, 2.24) is 4.98 Å². The topological polar surface area (TPSA) is 12.9 Å². The van der Waals surface area contributed by atoms with Gasteiger partial charge >= 0.3 is 6.18 Å². The fourth-order valence-electron chi connectivity index (χ4n) is 1.77. The van der Waals surface area contributed by atoms with Gasteiger partial charge < -0.3 is 0 Å². The smallest absolute Gasteiger partial charge is 0.261 e. The molecule has 0 aliphatic rings. The van der Waals surface area contributed by atoms with Crippen LogP contribution >= 0.6 is 31.9 Å². The molecule has 0 spiro atoms. The number of hydrogen-bond donors (Lipinski definition) is 0. The second-order valence-corrected chi connectivity index (χ2v) is 6.19. The average molecular weight is 409 g/mol. The van der Waals surface area contributed by atoms with Crippen molar-refractivity contribution in [3.05, 3.63) is 63.9 Å². The lowest BCUT2D eigenvalue weighted by atomic mass is 10.0. The third kappa shape index (κ3) is 3.82. The van der Waals surface area contributed by atoms with Crippen LogP contribution in [0.1, 0.15) is 21.6 Å². The second kappa shape index (κ2) is 6.26. The average Bonchev–Trinajstić information content (AvgIpc) is 2.39. The molecule has 1 nitrogen and oxygen atoms in total. The molecule has 0 aliphatic heterocycles. The number of hydrogen-bond acceptors (Lipinski definition) is 1. The van der Waals surface area contributed by atoms with Crippen molar-refractivity contribution in [3.8, 4) is 0 Å². The first kappa shape index (κ1) is 15.5. The predicted octanol–water partition coefficient (Wildman–Crippen LogP) is 5.54. The van der Waals surface area contributed by atoms with E-state index < -0.39 is 11.7 Å². The molecule has 1 atom stereocenters. The molecule has 0 aliphatic carbocycles. The van der Waals surface area contributed by atoms with Crippen LogP contribution < -0.4 is 0 Å². The lowest BCUT2D eigenvalue weighted by Gasteiger charge is -2.15. The number of halogens is 5. The molecule has 0 amide bonds. The summed E-state index contributed by atoms with van der Waals surface area (Å²) in [6.07, 6.45) is -2.16. The SMILES string of the molecule is FC(F)(F)c1ccc(Br)c(C(Br)Cc2ccccn2)c1. The molecule has 1 heterocycles. The van der Waals surface area contributed by atoms with Gasteiger partial charge in [-0.2, -0.15) is 13.2 Å².